The number of carbonyl (C=O) groups is 1. The quantitative estimate of drug-likeness (QED) is 0.909. The van der Waals surface area contributed by atoms with Gasteiger partial charge in [0.15, 0.2) is 0 Å². The standard InChI is InChI=1S/C12H16F3N3O/c1-8-9(11(19)18(3)7-6-16-2)4-5-10(17-8)12(13,14)15/h4-5,16H,6-7H2,1-3H3. The van der Waals surface area contributed by atoms with Crippen LogP contribution >= 0.6 is 0 Å². The Morgan fingerprint density at radius 1 is 1.42 bits per heavy atom. The zero-order chi connectivity index (χ0) is 14.6. The second kappa shape index (κ2) is 6.01. The molecule has 0 aromatic carbocycles. The Bertz CT molecular complexity index is 460. The van der Waals surface area contributed by atoms with E-state index >= 15 is 0 Å². The molecule has 1 aromatic heterocycles. The van der Waals surface area contributed by atoms with Crippen LogP contribution < -0.4 is 5.32 Å². The van der Waals surface area contributed by atoms with Gasteiger partial charge in [0.1, 0.15) is 5.69 Å². The fourth-order valence-corrected chi connectivity index (χ4v) is 1.53. The molecule has 0 aliphatic rings. The highest BCUT2D eigenvalue weighted by Crippen LogP contribution is 2.28. The third kappa shape index (κ3) is 3.92. The van der Waals surface area contributed by atoms with E-state index in [4.69, 9.17) is 0 Å². The van der Waals surface area contributed by atoms with Crippen LogP contribution in [0.5, 0.6) is 0 Å². The summed E-state index contributed by atoms with van der Waals surface area (Å²) in [7, 11) is 3.35. The molecule has 0 saturated heterocycles. The molecule has 7 heteroatoms. The van der Waals surface area contributed by atoms with Gasteiger partial charge in [0.2, 0.25) is 0 Å². The van der Waals surface area contributed by atoms with Crippen LogP contribution in [0.25, 0.3) is 0 Å². The number of nitrogens with one attached hydrogen (secondary N) is 1. The summed E-state index contributed by atoms with van der Waals surface area (Å²) >= 11 is 0. The minimum Gasteiger partial charge on any atom is -0.340 e. The Labute approximate surface area is 109 Å². The zero-order valence-corrected chi connectivity index (χ0v) is 11.0. The van der Waals surface area contributed by atoms with Crippen molar-refractivity contribution in [3.05, 3.63) is 29.1 Å². The van der Waals surface area contributed by atoms with Crippen LogP contribution in [0.1, 0.15) is 21.7 Å². The molecule has 0 bridgehead atoms. The summed E-state index contributed by atoms with van der Waals surface area (Å²) in [4.78, 5) is 16.9. The van der Waals surface area contributed by atoms with Crippen molar-refractivity contribution in [3.63, 3.8) is 0 Å². The predicted octanol–water partition coefficient (Wildman–Crippen LogP) is 1.70. The highest BCUT2D eigenvalue weighted by atomic mass is 19.4. The Morgan fingerprint density at radius 2 is 2.05 bits per heavy atom. The first-order chi connectivity index (χ1) is 8.77. The van der Waals surface area contributed by atoms with Gasteiger partial charge in [0, 0.05) is 20.1 Å². The van der Waals surface area contributed by atoms with Crippen molar-refractivity contribution in [3.8, 4) is 0 Å². The largest absolute Gasteiger partial charge is 0.433 e. The minimum atomic E-state index is -4.50. The zero-order valence-electron chi connectivity index (χ0n) is 11.0. The van der Waals surface area contributed by atoms with Gasteiger partial charge in [0.05, 0.1) is 11.3 Å². The SMILES string of the molecule is CNCCN(C)C(=O)c1ccc(C(F)(F)F)nc1C. The van der Waals surface area contributed by atoms with Crippen LogP contribution in [0.3, 0.4) is 0 Å². The van der Waals surface area contributed by atoms with E-state index in [-0.39, 0.29) is 17.2 Å². The molecule has 1 N–H and O–H groups in total. The molecule has 0 aliphatic carbocycles. The highest BCUT2D eigenvalue weighted by Gasteiger charge is 2.33. The lowest BCUT2D eigenvalue weighted by Gasteiger charge is -2.18. The third-order valence-corrected chi connectivity index (χ3v) is 2.65. The lowest BCUT2D eigenvalue weighted by atomic mass is 10.1. The first kappa shape index (κ1) is 15.4. The van der Waals surface area contributed by atoms with E-state index in [0.717, 1.165) is 6.07 Å². The molecule has 0 unspecified atom stereocenters. The van der Waals surface area contributed by atoms with Crippen molar-refractivity contribution >= 4 is 5.91 Å². The van der Waals surface area contributed by atoms with Crippen LogP contribution in [0, 0.1) is 6.92 Å². The van der Waals surface area contributed by atoms with Crippen LogP contribution in [0.2, 0.25) is 0 Å². The summed E-state index contributed by atoms with van der Waals surface area (Å²) in [5, 5.41) is 2.89. The second-order valence-electron chi connectivity index (χ2n) is 4.16. The molecule has 19 heavy (non-hydrogen) atoms. The summed E-state index contributed by atoms with van der Waals surface area (Å²) in [6.07, 6.45) is -4.50. The first-order valence-corrected chi connectivity index (χ1v) is 5.72. The first-order valence-electron chi connectivity index (χ1n) is 5.72. The van der Waals surface area contributed by atoms with Crippen molar-refractivity contribution in [2.24, 2.45) is 0 Å². The topological polar surface area (TPSA) is 45.2 Å². The number of likely N-dealkylation sites (N-methyl/N-ethyl adjacent to an activating group) is 2. The van der Waals surface area contributed by atoms with Gasteiger partial charge in [-0.2, -0.15) is 13.2 Å². The van der Waals surface area contributed by atoms with Gasteiger partial charge in [-0.05, 0) is 26.1 Å². The number of aromatic nitrogens is 1. The Balaban J connectivity index is 2.93. The van der Waals surface area contributed by atoms with E-state index in [9.17, 15) is 18.0 Å². The number of rotatable bonds is 4. The van der Waals surface area contributed by atoms with Gasteiger partial charge in [-0.15, -0.1) is 0 Å². The number of aryl methyl sites for hydroxylation is 1. The Morgan fingerprint density at radius 3 is 2.53 bits per heavy atom. The van der Waals surface area contributed by atoms with E-state index < -0.39 is 11.9 Å². The van der Waals surface area contributed by atoms with Crippen LogP contribution in [-0.4, -0.2) is 43.0 Å². The molecule has 106 valence electrons. The number of nitrogens with zero attached hydrogens (tertiary/aromatic N) is 2. The summed E-state index contributed by atoms with van der Waals surface area (Å²) < 4.78 is 37.4. The molecule has 0 atom stereocenters. The number of alkyl halides is 3. The number of halogens is 3. The lowest BCUT2D eigenvalue weighted by Crippen LogP contribution is -2.33. The molecule has 1 amide bonds. The van der Waals surface area contributed by atoms with E-state index in [1.807, 2.05) is 0 Å². The van der Waals surface area contributed by atoms with Gasteiger partial charge in [0.25, 0.3) is 5.91 Å². The van der Waals surface area contributed by atoms with Gasteiger partial charge < -0.3 is 10.2 Å². The summed E-state index contributed by atoms with van der Waals surface area (Å²) in [6, 6.07) is 2.00. The Hall–Kier alpha value is -1.63. The molecule has 0 fully saturated rings. The van der Waals surface area contributed by atoms with Gasteiger partial charge in [-0.25, -0.2) is 4.98 Å². The summed E-state index contributed by atoms with van der Waals surface area (Å²) in [5.74, 6) is -0.339. The van der Waals surface area contributed by atoms with Crippen molar-refractivity contribution in [2.45, 2.75) is 13.1 Å². The number of carbonyl (C=O) groups excluding carboxylic acids is 1. The molecule has 4 nitrogen and oxygen atoms in total. The predicted molar refractivity (Wildman–Crippen MR) is 64.9 cm³/mol. The molecular weight excluding hydrogens is 259 g/mol. The molecule has 0 spiro atoms. The van der Waals surface area contributed by atoms with Crippen molar-refractivity contribution < 1.29 is 18.0 Å². The Kier molecular flexibility index (Phi) is 4.88. The molecular formula is C12H16F3N3O. The van der Waals surface area contributed by atoms with E-state index in [0.29, 0.717) is 13.1 Å². The molecule has 0 radical (unpaired) electrons. The maximum atomic E-state index is 12.5. The third-order valence-electron chi connectivity index (χ3n) is 2.65. The maximum Gasteiger partial charge on any atom is 0.433 e. The van der Waals surface area contributed by atoms with Crippen molar-refractivity contribution in [1.82, 2.24) is 15.2 Å². The van der Waals surface area contributed by atoms with Crippen LogP contribution in [0.15, 0.2) is 12.1 Å². The minimum absolute atomic E-state index is 0.0798. The van der Waals surface area contributed by atoms with Crippen LogP contribution in [-0.2, 0) is 6.18 Å². The van der Waals surface area contributed by atoms with Gasteiger partial charge >= 0.3 is 6.18 Å². The highest BCUT2D eigenvalue weighted by molar-refractivity contribution is 5.95. The molecule has 1 aromatic rings. The summed E-state index contributed by atoms with van der Waals surface area (Å²) in [5.41, 5.74) is -0.720. The monoisotopic (exact) mass is 275 g/mol. The van der Waals surface area contributed by atoms with Crippen molar-refractivity contribution in [2.75, 3.05) is 27.2 Å². The fraction of sp³-hybridized carbons (Fsp3) is 0.500. The summed E-state index contributed by atoms with van der Waals surface area (Å²) in [6.45, 7) is 2.47. The van der Waals surface area contributed by atoms with Crippen LogP contribution in [0.4, 0.5) is 13.2 Å². The fourth-order valence-electron chi connectivity index (χ4n) is 1.53. The average molecular weight is 275 g/mol. The normalized spacial score (nSPS) is 11.5. The van der Waals surface area contributed by atoms with Gasteiger partial charge in [-0.1, -0.05) is 0 Å². The second-order valence-corrected chi connectivity index (χ2v) is 4.16. The van der Waals surface area contributed by atoms with E-state index in [2.05, 4.69) is 10.3 Å². The van der Waals surface area contributed by atoms with Gasteiger partial charge in [-0.3, -0.25) is 4.79 Å². The average Bonchev–Trinajstić information content (AvgIpc) is 2.33. The van der Waals surface area contributed by atoms with Crippen molar-refractivity contribution in [1.29, 1.82) is 0 Å². The maximum absolute atomic E-state index is 12.5. The molecule has 1 rings (SSSR count). The molecule has 0 aliphatic heterocycles. The number of hydrogen-bond donors (Lipinski definition) is 1. The van der Waals surface area contributed by atoms with E-state index in [1.165, 1.54) is 17.9 Å². The smallest absolute Gasteiger partial charge is 0.340 e. The molecule has 0 saturated carbocycles. The molecule has 1 heterocycles. The number of amides is 1. The number of hydrogen-bond acceptors (Lipinski definition) is 3. The lowest BCUT2D eigenvalue weighted by molar-refractivity contribution is -0.141. The van der Waals surface area contributed by atoms with E-state index in [1.54, 1.807) is 14.1 Å². The number of pyridine rings is 1.